The number of carbonyl (C=O) groups is 2. The number of hydrogen-bond donors (Lipinski definition) is 4. The molecule has 0 saturated carbocycles. The van der Waals surface area contributed by atoms with Crippen molar-refractivity contribution in [2.45, 2.75) is 11.8 Å². The summed E-state index contributed by atoms with van der Waals surface area (Å²) in [5, 5.41) is 2.25. The molecular weight excluding hydrogens is 572 g/mol. The van der Waals surface area contributed by atoms with Gasteiger partial charge in [-0.25, -0.2) is 0 Å². The van der Waals surface area contributed by atoms with Gasteiger partial charge in [0.15, 0.2) is 0 Å². The van der Waals surface area contributed by atoms with Gasteiger partial charge in [0, 0.05) is 16.7 Å². The van der Waals surface area contributed by atoms with Gasteiger partial charge in [-0.2, -0.15) is 0 Å². The van der Waals surface area contributed by atoms with Crippen LogP contribution >= 0.6 is 0 Å². The van der Waals surface area contributed by atoms with Crippen molar-refractivity contribution in [2.24, 2.45) is 0 Å². The molecule has 0 spiro atoms. The number of hydrazine groups is 2. The number of nitrogens with one attached hydrogen (secondary N) is 4. The van der Waals surface area contributed by atoms with E-state index in [4.69, 9.17) is 4.74 Å². The molecule has 1 aliphatic heterocycles. The van der Waals surface area contributed by atoms with Crippen LogP contribution in [-0.4, -0.2) is 18.4 Å². The van der Waals surface area contributed by atoms with E-state index < -0.39 is 5.41 Å². The highest BCUT2D eigenvalue weighted by atomic mass is 16.5. The van der Waals surface area contributed by atoms with Crippen LogP contribution in [0.1, 0.15) is 37.4 Å². The van der Waals surface area contributed by atoms with Crippen LogP contribution < -0.4 is 26.4 Å². The molecule has 7 heteroatoms. The van der Waals surface area contributed by atoms with Crippen LogP contribution in [0.25, 0.3) is 10.8 Å². The van der Waals surface area contributed by atoms with E-state index >= 15 is 0 Å². The molecule has 0 atom stereocenters. The first-order valence-corrected chi connectivity index (χ1v) is 15.2. The standard InChI is InChI=1S/C39H32N4O3/c44-37(28-14-3-1-4-15-28)42-40-34-21-11-9-19-32(34)39(25-31-30-18-8-7-13-27(30)23-24-36(31)46-26-39)33-20-10-12-22-35(33)41-43-38(45)29-16-5-2-6-17-29/h1-24,40-41H,25-26H2,(H,42,44)(H,43,45). The average Bonchev–Trinajstić information content (AvgIpc) is 3.13. The van der Waals surface area contributed by atoms with Gasteiger partial charge in [0.2, 0.25) is 0 Å². The lowest BCUT2D eigenvalue weighted by Gasteiger charge is -2.41. The summed E-state index contributed by atoms with van der Waals surface area (Å²) in [5.41, 5.74) is 17.0. The highest BCUT2D eigenvalue weighted by molar-refractivity contribution is 5.95. The number of ether oxygens (including phenoxy) is 1. The second kappa shape index (κ2) is 12.5. The molecule has 4 N–H and O–H groups in total. The quantitative estimate of drug-likeness (QED) is 0.137. The maximum atomic E-state index is 13.0. The molecule has 0 bridgehead atoms. The number of para-hydroxylation sites is 2. The fraction of sp³-hybridized carbons (Fsp3) is 0.0769. The molecule has 7 rings (SSSR count). The van der Waals surface area contributed by atoms with Crippen molar-refractivity contribution in [3.63, 3.8) is 0 Å². The minimum Gasteiger partial charge on any atom is -0.492 e. The fourth-order valence-corrected chi connectivity index (χ4v) is 6.27. The van der Waals surface area contributed by atoms with Crippen LogP contribution in [0.2, 0.25) is 0 Å². The molecule has 226 valence electrons. The summed E-state index contributed by atoms with van der Waals surface area (Å²) in [4.78, 5) is 26.1. The maximum Gasteiger partial charge on any atom is 0.269 e. The predicted octanol–water partition coefficient (Wildman–Crippen LogP) is 7.27. The molecule has 0 saturated heterocycles. The van der Waals surface area contributed by atoms with Gasteiger partial charge in [0.25, 0.3) is 11.8 Å². The third kappa shape index (κ3) is 5.50. The van der Waals surface area contributed by atoms with Gasteiger partial charge in [0.05, 0.1) is 16.8 Å². The average molecular weight is 605 g/mol. The van der Waals surface area contributed by atoms with Crippen LogP contribution in [0.4, 0.5) is 11.4 Å². The second-order valence-electron chi connectivity index (χ2n) is 11.3. The summed E-state index contributed by atoms with van der Waals surface area (Å²) >= 11 is 0. The number of anilines is 2. The number of carbonyl (C=O) groups excluding carboxylic acids is 2. The predicted molar refractivity (Wildman–Crippen MR) is 182 cm³/mol. The highest BCUT2D eigenvalue weighted by Crippen LogP contribution is 2.48. The van der Waals surface area contributed by atoms with Gasteiger partial charge >= 0.3 is 0 Å². The zero-order chi connectivity index (χ0) is 31.3. The lowest BCUT2D eigenvalue weighted by molar-refractivity contribution is 0.0954. The van der Waals surface area contributed by atoms with Crippen LogP contribution in [0.15, 0.2) is 146 Å². The van der Waals surface area contributed by atoms with Crippen molar-refractivity contribution in [3.05, 3.63) is 173 Å². The Morgan fingerprint density at radius 1 is 0.543 bits per heavy atom. The molecule has 6 aromatic rings. The number of benzene rings is 6. The minimum atomic E-state index is -0.723. The molecule has 1 aliphatic rings. The monoisotopic (exact) mass is 604 g/mol. The van der Waals surface area contributed by atoms with Crippen molar-refractivity contribution in [2.75, 3.05) is 17.5 Å². The molecule has 7 nitrogen and oxygen atoms in total. The summed E-state index contributed by atoms with van der Waals surface area (Å²) in [6.07, 6.45) is 0.611. The molecule has 0 unspecified atom stereocenters. The number of amides is 2. The molecule has 46 heavy (non-hydrogen) atoms. The van der Waals surface area contributed by atoms with Gasteiger partial charge in [-0.15, -0.1) is 0 Å². The van der Waals surface area contributed by atoms with Crippen molar-refractivity contribution in [1.29, 1.82) is 0 Å². The zero-order valence-corrected chi connectivity index (χ0v) is 25.0. The highest BCUT2D eigenvalue weighted by Gasteiger charge is 2.43. The Labute approximate surface area is 267 Å². The Hall–Kier alpha value is -6.08. The van der Waals surface area contributed by atoms with Crippen molar-refractivity contribution < 1.29 is 14.3 Å². The molecule has 0 radical (unpaired) electrons. The largest absolute Gasteiger partial charge is 0.492 e. The lowest BCUT2D eigenvalue weighted by Crippen LogP contribution is -2.43. The third-order valence-corrected chi connectivity index (χ3v) is 8.53. The molecule has 1 heterocycles. The first kappa shape index (κ1) is 28.7. The van der Waals surface area contributed by atoms with E-state index in [1.807, 2.05) is 91.0 Å². The van der Waals surface area contributed by atoms with Crippen molar-refractivity contribution >= 4 is 34.0 Å². The number of rotatable bonds is 8. The van der Waals surface area contributed by atoms with E-state index in [9.17, 15) is 9.59 Å². The van der Waals surface area contributed by atoms with Crippen molar-refractivity contribution in [1.82, 2.24) is 10.9 Å². The summed E-state index contributed by atoms with van der Waals surface area (Å²) in [5.74, 6) is 0.359. The first-order valence-electron chi connectivity index (χ1n) is 15.2. The van der Waals surface area contributed by atoms with E-state index in [0.717, 1.165) is 44.6 Å². The van der Waals surface area contributed by atoms with E-state index in [-0.39, 0.29) is 11.8 Å². The molecule has 6 aromatic carbocycles. The van der Waals surface area contributed by atoms with Crippen LogP contribution in [0.5, 0.6) is 5.75 Å². The fourth-order valence-electron chi connectivity index (χ4n) is 6.27. The van der Waals surface area contributed by atoms with E-state index in [1.54, 1.807) is 24.3 Å². The first-order chi connectivity index (χ1) is 22.6. The Morgan fingerprint density at radius 2 is 1.04 bits per heavy atom. The number of hydrogen-bond acceptors (Lipinski definition) is 5. The number of fused-ring (bicyclic) bond motifs is 3. The SMILES string of the molecule is O=C(NNc1ccccc1C1(c2ccccc2NNC(=O)c2ccccc2)COc2ccc3ccccc3c2C1)c1ccccc1. The zero-order valence-electron chi connectivity index (χ0n) is 25.0. The maximum absolute atomic E-state index is 13.0. The van der Waals surface area contributed by atoms with Crippen LogP contribution in [0.3, 0.4) is 0 Å². The topological polar surface area (TPSA) is 91.5 Å². The normalized spacial score (nSPS) is 13.1. The summed E-state index contributed by atoms with van der Waals surface area (Å²) in [6.45, 7) is 0.328. The van der Waals surface area contributed by atoms with Gasteiger partial charge in [0.1, 0.15) is 12.4 Å². The van der Waals surface area contributed by atoms with Crippen molar-refractivity contribution in [3.8, 4) is 5.75 Å². The van der Waals surface area contributed by atoms with Crippen LogP contribution in [-0.2, 0) is 11.8 Å². The smallest absolute Gasteiger partial charge is 0.269 e. The van der Waals surface area contributed by atoms with Gasteiger partial charge in [-0.05, 0) is 70.8 Å². The minimum absolute atomic E-state index is 0.244. The van der Waals surface area contributed by atoms with E-state index in [1.165, 1.54) is 0 Å². The Bertz CT molecular complexity index is 1930. The molecule has 0 aromatic heterocycles. The molecular formula is C39H32N4O3. The molecule has 0 aliphatic carbocycles. The summed E-state index contributed by atoms with van der Waals surface area (Å²) in [6, 6.07) is 46.5. The Morgan fingerprint density at radius 3 is 1.63 bits per heavy atom. The van der Waals surface area contributed by atoms with Gasteiger partial charge in [-0.1, -0.05) is 103 Å². The Balaban J connectivity index is 1.32. The van der Waals surface area contributed by atoms with E-state index in [2.05, 4.69) is 52.0 Å². The molecule has 0 fully saturated rings. The van der Waals surface area contributed by atoms with E-state index in [0.29, 0.717) is 24.2 Å². The third-order valence-electron chi connectivity index (χ3n) is 8.53. The second-order valence-corrected chi connectivity index (χ2v) is 11.3. The lowest BCUT2D eigenvalue weighted by atomic mass is 9.68. The van der Waals surface area contributed by atoms with Gasteiger partial charge in [-0.3, -0.25) is 31.3 Å². The summed E-state index contributed by atoms with van der Waals surface area (Å²) in [7, 11) is 0. The molecule has 2 amide bonds. The Kier molecular flexibility index (Phi) is 7.79. The summed E-state index contributed by atoms with van der Waals surface area (Å²) < 4.78 is 6.63. The van der Waals surface area contributed by atoms with Crippen LogP contribution in [0, 0.1) is 0 Å². The van der Waals surface area contributed by atoms with Gasteiger partial charge < -0.3 is 4.74 Å².